The van der Waals surface area contributed by atoms with Gasteiger partial charge in [0.1, 0.15) is 11.3 Å². The lowest BCUT2D eigenvalue weighted by Crippen LogP contribution is -2.25. The highest BCUT2D eigenvalue weighted by atomic mass is 16.4. The van der Waals surface area contributed by atoms with Crippen molar-refractivity contribution in [1.29, 1.82) is 0 Å². The molecule has 1 aromatic carbocycles. The number of hydrogen-bond donors (Lipinski definition) is 3. The van der Waals surface area contributed by atoms with Crippen molar-refractivity contribution in [1.82, 2.24) is 10.3 Å². The number of carboxylic acid groups (broad SMARTS) is 1. The van der Waals surface area contributed by atoms with Crippen LogP contribution in [-0.2, 0) is 19.3 Å². The van der Waals surface area contributed by atoms with E-state index < -0.39 is 11.9 Å². The van der Waals surface area contributed by atoms with Crippen LogP contribution in [-0.4, -0.2) is 28.5 Å². The molecule has 0 bridgehead atoms. The average Bonchev–Trinajstić information content (AvgIpc) is 3.25. The zero-order valence-corrected chi connectivity index (χ0v) is 14.9. The fourth-order valence-corrected chi connectivity index (χ4v) is 3.16. The van der Waals surface area contributed by atoms with E-state index in [1.807, 2.05) is 12.3 Å². The minimum Gasteiger partial charge on any atom is -0.478 e. The molecule has 6 nitrogen and oxygen atoms in total. The minimum absolute atomic E-state index is 0.0337. The van der Waals surface area contributed by atoms with Crippen LogP contribution in [0.25, 0.3) is 10.9 Å². The lowest BCUT2D eigenvalue weighted by atomic mass is 10.1. The van der Waals surface area contributed by atoms with Crippen molar-refractivity contribution in [2.24, 2.45) is 0 Å². The Hall–Kier alpha value is -3.02. The van der Waals surface area contributed by atoms with Crippen LogP contribution in [0.5, 0.6) is 0 Å². The number of para-hydroxylation sites is 1. The molecular weight excluding hydrogens is 332 g/mol. The topological polar surface area (TPSA) is 95.3 Å². The Kier molecular flexibility index (Phi) is 5.11. The van der Waals surface area contributed by atoms with E-state index in [9.17, 15) is 9.59 Å². The van der Waals surface area contributed by atoms with E-state index in [4.69, 9.17) is 9.52 Å². The predicted molar refractivity (Wildman–Crippen MR) is 98.8 cm³/mol. The molecule has 0 aliphatic rings. The van der Waals surface area contributed by atoms with E-state index in [1.165, 1.54) is 11.6 Å². The van der Waals surface area contributed by atoms with Gasteiger partial charge in [0.15, 0.2) is 5.76 Å². The summed E-state index contributed by atoms with van der Waals surface area (Å²) in [5.74, 6) is -1.14. The van der Waals surface area contributed by atoms with E-state index in [2.05, 4.69) is 29.4 Å². The SMILES string of the molecule is CCc1oc(C(=O)NCCc2c[nH]c3c(CC)cccc23)cc1C(=O)O. The van der Waals surface area contributed by atoms with Gasteiger partial charge in [0.05, 0.1) is 0 Å². The number of aromatic nitrogens is 1. The molecule has 3 rings (SSSR count). The third kappa shape index (κ3) is 3.35. The number of carbonyl (C=O) groups excluding carboxylic acids is 1. The summed E-state index contributed by atoms with van der Waals surface area (Å²) in [5.41, 5.74) is 3.58. The van der Waals surface area contributed by atoms with Crippen molar-refractivity contribution in [3.8, 4) is 0 Å². The molecule has 136 valence electrons. The molecule has 0 atom stereocenters. The molecule has 0 saturated carbocycles. The van der Waals surface area contributed by atoms with Crippen LogP contribution in [0, 0.1) is 0 Å². The maximum absolute atomic E-state index is 12.2. The second kappa shape index (κ2) is 7.47. The molecule has 1 amide bonds. The van der Waals surface area contributed by atoms with Gasteiger partial charge in [-0.05, 0) is 24.0 Å². The Morgan fingerprint density at radius 2 is 2.00 bits per heavy atom. The summed E-state index contributed by atoms with van der Waals surface area (Å²) in [7, 11) is 0. The summed E-state index contributed by atoms with van der Waals surface area (Å²) in [6.45, 7) is 4.34. The van der Waals surface area contributed by atoms with Crippen molar-refractivity contribution in [3.63, 3.8) is 0 Å². The Morgan fingerprint density at radius 3 is 2.65 bits per heavy atom. The van der Waals surface area contributed by atoms with E-state index >= 15 is 0 Å². The first-order valence-electron chi connectivity index (χ1n) is 8.77. The van der Waals surface area contributed by atoms with Gasteiger partial charge in [0.25, 0.3) is 5.91 Å². The highest BCUT2D eigenvalue weighted by Crippen LogP contribution is 2.22. The third-order valence-electron chi connectivity index (χ3n) is 4.53. The maximum atomic E-state index is 12.2. The van der Waals surface area contributed by atoms with E-state index in [0.717, 1.165) is 22.9 Å². The number of fused-ring (bicyclic) bond motifs is 1. The number of H-pyrrole nitrogens is 1. The lowest BCUT2D eigenvalue weighted by molar-refractivity contribution is 0.0694. The standard InChI is InChI=1S/C20H22N2O4/c1-3-12-6-5-7-14-13(11-22-18(12)14)8-9-21-19(23)17-10-15(20(24)25)16(4-2)26-17/h5-7,10-11,22H,3-4,8-9H2,1-2H3,(H,21,23)(H,24,25). The zero-order valence-electron chi connectivity index (χ0n) is 14.9. The van der Waals surface area contributed by atoms with Crippen LogP contribution < -0.4 is 5.32 Å². The first kappa shape index (κ1) is 17.8. The van der Waals surface area contributed by atoms with Gasteiger partial charge >= 0.3 is 5.97 Å². The lowest BCUT2D eigenvalue weighted by Gasteiger charge is -2.04. The third-order valence-corrected chi connectivity index (χ3v) is 4.53. The Morgan fingerprint density at radius 1 is 1.19 bits per heavy atom. The van der Waals surface area contributed by atoms with Gasteiger partial charge in [-0.1, -0.05) is 32.0 Å². The molecule has 2 aromatic heterocycles. The summed E-state index contributed by atoms with van der Waals surface area (Å²) in [6, 6.07) is 7.50. The van der Waals surface area contributed by atoms with E-state index in [0.29, 0.717) is 25.1 Å². The fourth-order valence-electron chi connectivity index (χ4n) is 3.16. The quantitative estimate of drug-likeness (QED) is 0.604. The number of nitrogens with one attached hydrogen (secondary N) is 2. The molecule has 3 N–H and O–H groups in total. The van der Waals surface area contributed by atoms with E-state index in [1.54, 1.807) is 6.92 Å². The zero-order chi connectivity index (χ0) is 18.7. The number of aromatic carboxylic acids is 1. The van der Waals surface area contributed by atoms with Gasteiger partial charge in [-0.25, -0.2) is 4.79 Å². The van der Waals surface area contributed by atoms with E-state index in [-0.39, 0.29) is 11.3 Å². The molecule has 26 heavy (non-hydrogen) atoms. The van der Waals surface area contributed by atoms with Gasteiger partial charge in [-0.2, -0.15) is 0 Å². The number of carbonyl (C=O) groups is 2. The van der Waals surface area contributed by atoms with Crippen LogP contribution in [0.4, 0.5) is 0 Å². The smallest absolute Gasteiger partial charge is 0.339 e. The Balaban J connectivity index is 1.67. The molecule has 0 saturated heterocycles. The van der Waals surface area contributed by atoms with Crippen molar-refractivity contribution >= 4 is 22.8 Å². The second-order valence-electron chi connectivity index (χ2n) is 6.12. The first-order valence-corrected chi connectivity index (χ1v) is 8.77. The van der Waals surface area contributed by atoms with Gasteiger partial charge in [0, 0.05) is 36.1 Å². The highest BCUT2D eigenvalue weighted by Gasteiger charge is 2.19. The van der Waals surface area contributed by atoms with Gasteiger partial charge in [-0.15, -0.1) is 0 Å². The molecular formula is C20H22N2O4. The summed E-state index contributed by atoms with van der Waals surface area (Å²) >= 11 is 0. The molecule has 2 heterocycles. The van der Waals surface area contributed by atoms with Crippen molar-refractivity contribution in [3.05, 3.63) is 58.7 Å². The molecule has 0 unspecified atom stereocenters. The van der Waals surface area contributed by atoms with Crippen molar-refractivity contribution < 1.29 is 19.1 Å². The van der Waals surface area contributed by atoms with Crippen LogP contribution in [0.2, 0.25) is 0 Å². The number of aryl methyl sites for hydroxylation is 2. The summed E-state index contributed by atoms with van der Waals surface area (Å²) < 4.78 is 5.38. The fraction of sp³-hybridized carbons (Fsp3) is 0.300. The van der Waals surface area contributed by atoms with Crippen LogP contribution in [0.1, 0.15) is 51.6 Å². The number of rotatable bonds is 7. The largest absolute Gasteiger partial charge is 0.478 e. The summed E-state index contributed by atoms with van der Waals surface area (Å²) in [4.78, 5) is 26.7. The first-order chi connectivity index (χ1) is 12.5. The number of aromatic amines is 1. The number of amides is 1. The van der Waals surface area contributed by atoms with Gasteiger partial charge < -0.3 is 19.8 Å². The van der Waals surface area contributed by atoms with Crippen molar-refractivity contribution in [2.75, 3.05) is 6.54 Å². The number of carboxylic acids is 1. The summed E-state index contributed by atoms with van der Waals surface area (Å²) in [6.07, 6.45) is 4.02. The monoisotopic (exact) mass is 354 g/mol. The Bertz CT molecular complexity index is 952. The van der Waals surface area contributed by atoms with Crippen LogP contribution >= 0.6 is 0 Å². The molecule has 3 aromatic rings. The van der Waals surface area contributed by atoms with Gasteiger partial charge in [-0.3, -0.25) is 4.79 Å². The Labute approximate surface area is 151 Å². The molecule has 0 aliphatic heterocycles. The number of hydrogen-bond acceptors (Lipinski definition) is 3. The predicted octanol–water partition coefficient (Wildman–Crippen LogP) is 3.56. The highest BCUT2D eigenvalue weighted by molar-refractivity contribution is 5.96. The maximum Gasteiger partial charge on any atom is 0.339 e. The number of benzene rings is 1. The molecule has 0 aliphatic carbocycles. The van der Waals surface area contributed by atoms with Crippen LogP contribution in [0.3, 0.4) is 0 Å². The molecule has 0 radical (unpaired) electrons. The van der Waals surface area contributed by atoms with Crippen LogP contribution in [0.15, 0.2) is 34.9 Å². The molecule has 0 spiro atoms. The molecule has 0 fully saturated rings. The van der Waals surface area contributed by atoms with Gasteiger partial charge in [0.2, 0.25) is 0 Å². The summed E-state index contributed by atoms with van der Waals surface area (Å²) in [5, 5.41) is 13.1. The molecule has 6 heteroatoms. The minimum atomic E-state index is -1.09. The normalized spacial score (nSPS) is 11.0. The van der Waals surface area contributed by atoms with Crippen molar-refractivity contribution in [2.45, 2.75) is 33.1 Å². The average molecular weight is 354 g/mol. The number of furan rings is 1. The second-order valence-corrected chi connectivity index (χ2v) is 6.12.